The van der Waals surface area contributed by atoms with Gasteiger partial charge in [-0.2, -0.15) is 8.42 Å². The largest absolute Gasteiger partial charge is 0.361 e. The van der Waals surface area contributed by atoms with Crippen molar-refractivity contribution in [1.29, 1.82) is 0 Å². The molecule has 3 rings (SSSR count). The Hall–Kier alpha value is -1.89. The van der Waals surface area contributed by atoms with Crippen molar-refractivity contribution in [3.05, 3.63) is 36.0 Å². The van der Waals surface area contributed by atoms with Crippen molar-refractivity contribution >= 4 is 27.0 Å². The molecule has 0 radical (unpaired) electrons. The number of aromatic amines is 1. The number of likely N-dealkylation sites (tertiary alicyclic amines) is 1. The van der Waals surface area contributed by atoms with Crippen LogP contribution in [-0.2, 0) is 21.4 Å². The van der Waals surface area contributed by atoms with E-state index in [9.17, 15) is 17.1 Å². The molecule has 7 heteroatoms. The van der Waals surface area contributed by atoms with Crippen molar-refractivity contribution in [2.75, 3.05) is 13.1 Å². The molecule has 1 saturated heterocycles. The van der Waals surface area contributed by atoms with Gasteiger partial charge >= 0.3 is 10.2 Å². The molecule has 1 aromatic carbocycles. The molecule has 112 valence electrons. The maximum absolute atomic E-state index is 12.9. The first-order valence-corrected chi connectivity index (χ1v) is 8.15. The van der Waals surface area contributed by atoms with Crippen LogP contribution in [0.4, 0.5) is 3.89 Å². The summed E-state index contributed by atoms with van der Waals surface area (Å²) in [5.74, 6) is -0.304. The van der Waals surface area contributed by atoms with Gasteiger partial charge in [-0.3, -0.25) is 4.79 Å². The van der Waals surface area contributed by atoms with Gasteiger partial charge in [-0.15, -0.1) is 3.89 Å². The van der Waals surface area contributed by atoms with Gasteiger partial charge in [0.1, 0.15) is 5.25 Å². The Balaban J connectivity index is 1.66. The van der Waals surface area contributed by atoms with E-state index in [0.717, 1.165) is 16.5 Å². The van der Waals surface area contributed by atoms with E-state index >= 15 is 0 Å². The molecule has 5 nitrogen and oxygen atoms in total. The van der Waals surface area contributed by atoms with Crippen LogP contribution in [0.15, 0.2) is 30.5 Å². The van der Waals surface area contributed by atoms with Gasteiger partial charge in [0.2, 0.25) is 5.91 Å². The Morgan fingerprint density at radius 3 is 2.86 bits per heavy atom. The van der Waals surface area contributed by atoms with Gasteiger partial charge in [0.05, 0.1) is 0 Å². The van der Waals surface area contributed by atoms with E-state index in [4.69, 9.17) is 0 Å². The summed E-state index contributed by atoms with van der Waals surface area (Å²) in [6, 6.07) is 7.93. The van der Waals surface area contributed by atoms with Gasteiger partial charge in [-0.05, 0) is 29.5 Å². The fourth-order valence-electron chi connectivity index (χ4n) is 2.66. The van der Waals surface area contributed by atoms with E-state index < -0.39 is 15.5 Å². The molecule has 1 N–H and O–H groups in total. The lowest BCUT2D eigenvalue weighted by Crippen LogP contribution is -2.29. The molecule has 1 aromatic heterocycles. The number of halogens is 1. The van der Waals surface area contributed by atoms with E-state index in [1.54, 1.807) is 0 Å². The molecule has 1 aliphatic rings. The number of amides is 1. The zero-order chi connectivity index (χ0) is 15.0. The van der Waals surface area contributed by atoms with Gasteiger partial charge in [-0.1, -0.05) is 12.1 Å². The fourth-order valence-corrected chi connectivity index (χ4v) is 3.35. The highest BCUT2D eigenvalue weighted by Crippen LogP contribution is 2.20. The van der Waals surface area contributed by atoms with Crippen LogP contribution >= 0.6 is 0 Å². The lowest BCUT2D eigenvalue weighted by atomic mass is 10.1. The standard InChI is InChI=1S/C14H15FN2O3S/c15-21(19,20)12-8-14(18)17(9-12)6-4-10-1-2-11-3-5-16-13(11)7-10/h1-3,5,7,12,16H,4,6,8-9H2. The van der Waals surface area contributed by atoms with Crippen molar-refractivity contribution in [2.45, 2.75) is 18.1 Å². The molecule has 1 unspecified atom stereocenters. The molecule has 1 aliphatic heterocycles. The lowest BCUT2D eigenvalue weighted by Gasteiger charge is -2.15. The van der Waals surface area contributed by atoms with Crippen LogP contribution in [0, 0.1) is 0 Å². The summed E-state index contributed by atoms with van der Waals surface area (Å²) in [4.78, 5) is 16.2. The van der Waals surface area contributed by atoms with Gasteiger partial charge in [0.15, 0.2) is 0 Å². The fraction of sp³-hybridized carbons (Fsp3) is 0.357. The number of benzene rings is 1. The molecule has 0 saturated carbocycles. The van der Waals surface area contributed by atoms with Crippen molar-refractivity contribution < 1.29 is 17.1 Å². The molecule has 1 atom stereocenters. The summed E-state index contributed by atoms with van der Waals surface area (Å²) in [6.45, 7) is 0.347. The minimum absolute atomic E-state index is 0.0532. The minimum atomic E-state index is -4.64. The minimum Gasteiger partial charge on any atom is -0.361 e. The number of carbonyl (C=O) groups excluding carboxylic acids is 1. The number of rotatable bonds is 4. The van der Waals surface area contributed by atoms with Crippen LogP contribution in [0.2, 0.25) is 0 Å². The van der Waals surface area contributed by atoms with Crippen LogP contribution in [0.3, 0.4) is 0 Å². The molecule has 2 heterocycles. The zero-order valence-electron chi connectivity index (χ0n) is 11.3. The highest BCUT2D eigenvalue weighted by Gasteiger charge is 2.37. The summed E-state index contributed by atoms with van der Waals surface area (Å²) in [5, 5.41) is -0.101. The molecule has 0 spiro atoms. The topological polar surface area (TPSA) is 70.2 Å². The second kappa shape index (κ2) is 5.14. The number of hydrogen-bond acceptors (Lipinski definition) is 3. The van der Waals surface area contributed by atoms with Gasteiger partial charge in [0.25, 0.3) is 0 Å². The monoisotopic (exact) mass is 310 g/mol. The molecule has 1 amide bonds. The van der Waals surface area contributed by atoms with Gasteiger partial charge in [0, 0.05) is 31.2 Å². The number of nitrogens with one attached hydrogen (secondary N) is 1. The van der Waals surface area contributed by atoms with Crippen LogP contribution in [0.5, 0.6) is 0 Å². The molecule has 1 fully saturated rings. The predicted molar refractivity (Wildman–Crippen MR) is 77.0 cm³/mol. The highest BCUT2D eigenvalue weighted by molar-refractivity contribution is 7.87. The Morgan fingerprint density at radius 1 is 1.33 bits per heavy atom. The van der Waals surface area contributed by atoms with Crippen LogP contribution in [0.1, 0.15) is 12.0 Å². The summed E-state index contributed by atoms with van der Waals surface area (Å²) in [7, 11) is -4.64. The summed E-state index contributed by atoms with van der Waals surface area (Å²) in [6.07, 6.45) is 2.21. The van der Waals surface area contributed by atoms with Gasteiger partial charge < -0.3 is 9.88 Å². The molecule has 0 bridgehead atoms. The summed E-state index contributed by atoms with van der Waals surface area (Å²) >= 11 is 0. The first kappa shape index (κ1) is 14.1. The molecular weight excluding hydrogens is 295 g/mol. The Labute approximate surface area is 122 Å². The first-order chi connectivity index (χ1) is 9.93. The maximum Gasteiger partial charge on any atom is 0.307 e. The summed E-state index contributed by atoms with van der Waals surface area (Å²) in [5.41, 5.74) is 2.06. The SMILES string of the molecule is O=C1CC(S(=O)(=O)F)CN1CCc1ccc2cc[nH]c2c1. The summed E-state index contributed by atoms with van der Waals surface area (Å²) < 4.78 is 34.7. The predicted octanol–water partition coefficient (Wildman–Crippen LogP) is 1.61. The lowest BCUT2D eigenvalue weighted by molar-refractivity contribution is -0.127. The van der Waals surface area contributed by atoms with Crippen molar-refractivity contribution in [3.8, 4) is 0 Å². The third-order valence-corrected chi connectivity index (χ3v) is 4.98. The number of carbonyl (C=O) groups is 1. The third kappa shape index (κ3) is 2.92. The average Bonchev–Trinajstić information content (AvgIpc) is 3.01. The van der Waals surface area contributed by atoms with E-state index in [1.165, 1.54) is 4.90 Å². The van der Waals surface area contributed by atoms with Crippen LogP contribution in [-0.4, -0.2) is 42.5 Å². The first-order valence-electron chi connectivity index (χ1n) is 6.71. The van der Waals surface area contributed by atoms with Crippen LogP contribution in [0.25, 0.3) is 10.9 Å². The molecular formula is C14H15FN2O3S. The van der Waals surface area contributed by atoms with Crippen molar-refractivity contribution in [1.82, 2.24) is 9.88 Å². The number of nitrogens with zero attached hydrogens (tertiary/aromatic N) is 1. The van der Waals surface area contributed by atoms with E-state index in [2.05, 4.69) is 4.98 Å². The molecule has 2 aromatic rings. The molecule has 0 aliphatic carbocycles. The van der Waals surface area contributed by atoms with Gasteiger partial charge in [-0.25, -0.2) is 0 Å². The van der Waals surface area contributed by atoms with Crippen molar-refractivity contribution in [2.24, 2.45) is 0 Å². The van der Waals surface area contributed by atoms with E-state index in [-0.39, 0.29) is 18.9 Å². The number of aromatic nitrogens is 1. The number of hydrogen-bond donors (Lipinski definition) is 1. The number of fused-ring (bicyclic) bond motifs is 1. The molecule has 21 heavy (non-hydrogen) atoms. The van der Waals surface area contributed by atoms with E-state index in [0.29, 0.717) is 13.0 Å². The van der Waals surface area contributed by atoms with Crippen molar-refractivity contribution in [3.63, 3.8) is 0 Å². The quantitative estimate of drug-likeness (QED) is 0.872. The second-order valence-corrected chi connectivity index (χ2v) is 6.91. The third-order valence-electron chi connectivity index (χ3n) is 3.87. The van der Waals surface area contributed by atoms with Crippen LogP contribution < -0.4 is 0 Å². The highest BCUT2D eigenvalue weighted by atomic mass is 32.3. The zero-order valence-corrected chi connectivity index (χ0v) is 12.1. The average molecular weight is 310 g/mol. The van der Waals surface area contributed by atoms with E-state index in [1.807, 2.05) is 30.5 Å². The Bertz CT molecular complexity index is 784. The normalized spacial score (nSPS) is 19.6. The Morgan fingerprint density at radius 2 is 2.14 bits per heavy atom. The maximum atomic E-state index is 12.9. The number of H-pyrrole nitrogens is 1. The second-order valence-electron chi connectivity index (χ2n) is 5.29. The smallest absolute Gasteiger partial charge is 0.307 e. The Kier molecular flexibility index (Phi) is 3.44.